The van der Waals surface area contributed by atoms with Crippen LogP contribution in [-0.2, 0) is 19.5 Å². The minimum atomic E-state index is 0. The Labute approximate surface area is 202 Å². The van der Waals surface area contributed by atoms with Crippen molar-refractivity contribution in [3.05, 3.63) is 41.7 Å². The number of halogens is 1. The Kier molecular flexibility index (Phi) is 10.9. The van der Waals surface area contributed by atoms with E-state index < -0.39 is 0 Å². The molecule has 1 aromatic heterocycles. The van der Waals surface area contributed by atoms with Gasteiger partial charge in [-0.25, -0.2) is 0 Å². The minimum absolute atomic E-state index is 0. The molecule has 1 aromatic carbocycles. The van der Waals surface area contributed by atoms with Crippen molar-refractivity contribution in [1.82, 2.24) is 25.3 Å². The number of rotatable bonds is 10. The summed E-state index contributed by atoms with van der Waals surface area (Å²) in [5.74, 6) is 2.49. The van der Waals surface area contributed by atoms with Crippen molar-refractivity contribution in [2.45, 2.75) is 32.9 Å². The lowest BCUT2D eigenvalue weighted by Crippen LogP contribution is -2.42. The van der Waals surface area contributed by atoms with Gasteiger partial charge in [-0.1, -0.05) is 0 Å². The number of fused-ring (bicyclic) bond motifs is 1. The first-order chi connectivity index (χ1) is 14.7. The third-order valence-corrected chi connectivity index (χ3v) is 5.24. The van der Waals surface area contributed by atoms with Gasteiger partial charge in [0, 0.05) is 58.2 Å². The van der Waals surface area contributed by atoms with E-state index in [-0.39, 0.29) is 24.0 Å². The fraction of sp³-hybridized carbons (Fsp3) is 0.545. The third-order valence-electron chi connectivity index (χ3n) is 5.24. The van der Waals surface area contributed by atoms with Gasteiger partial charge < -0.3 is 20.1 Å². The number of aliphatic imine (C=N–C) groups is 1. The van der Waals surface area contributed by atoms with Crippen molar-refractivity contribution in [3.63, 3.8) is 0 Å². The summed E-state index contributed by atoms with van der Waals surface area (Å²) in [7, 11) is 3.37. The summed E-state index contributed by atoms with van der Waals surface area (Å²) in [6.07, 6.45) is 5.78. The first kappa shape index (κ1) is 25.3. The Morgan fingerprint density at radius 3 is 2.58 bits per heavy atom. The molecule has 2 aromatic rings. The van der Waals surface area contributed by atoms with Gasteiger partial charge in [-0.2, -0.15) is 5.10 Å². The zero-order chi connectivity index (χ0) is 21.2. The topological polar surface area (TPSA) is 75.9 Å². The fourth-order valence-corrected chi connectivity index (χ4v) is 3.66. The normalized spacial score (nSPS) is 13.8. The lowest BCUT2D eigenvalue weighted by molar-refractivity contribution is 0.256. The summed E-state index contributed by atoms with van der Waals surface area (Å²) < 4.78 is 12.8. The van der Waals surface area contributed by atoms with Gasteiger partial charge in [0.1, 0.15) is 0 Å². The number of benzene rings is 1. The second-order valence-corrected chi connectivity index (χ2v) is 7.31. The zero-order valence-electron chi connectivity index (χ0n) is 18.8. The van der Waals surface area contributed by atoms with Gasteiger partial charge in [0.25, 0.3) is 0 Å². The van der Waals surface area contributed by atoms with Crippen molar-refractivity contribution < 1.29 is 9.47 Å². The Balaban J connectivity index is 0.00000341. The molecule has 0 saturated heterocycles. The summed E-state index contributed by atoms with van der Waals surface area (Å²) in [6, 6.07) is 6.17. The van der Waals surface area contributed by atoms with E-state index in [9.17, 15) is 0 Å². The Bertz CT molecular complexity index is 813. The molecule has 31 heavy (non-hydrogen) atoms. The molecule has 0 saturated carbocycles. The molecule has 0 radical (unpaired) electrons. The van der Waals surface area contributed by atoms with Gasteiger partial charge in [-0.3, -0.25) is 14.6 Å². The summed E-state index contributed by atoms with van der Waals surface area (Å²) >= 11 is 0. The highest BCUT2D eigenvalue weighted by Gasteiger charge is 2.19. The van der Waals surface area contributed by atoms with Gasteiger partial charge in [-0.15, -0.1) is 24.0 Å². The molecule has 172 valence electrons. The van der Waals surface area contributed by atoms with E-state index in [0.717, 1.165) is 76.1 Å². The molecule has 0 spiro atoms. The zero-order valence-corrected chi connectivity index (χ0v) is 21.1. The van der Waals surface area contributed by atoms with Crippen LogP contribution in [0.5, 0.6) is 11.5 Å². The number of methoxy groups -OCH3 is 2. The lowest BCUT2D eigenvalue weighted by Gasteiger charge is -2.29. The van der Waals surface area contributed by atoms with Crippen molar-refractivity contribution in [2.75, 3.05) is 46.9 Å². The van der Waals surface area contributed by atoms with E-state index in [1.807, 2.05) is 16.9 Å². The molecular formula is C22H35IN6O2. The van der Waals surface area contributed by atoms with Gasteiger partial charge in [0.15, 0.2) is 17.5 Å². The SMILES string of the molecule is CCNC(=NCCCn1cccn1)NCCN1CCc2cc(OC)c(OC)cc2C1.I. The molecule has 0 amide bonds. The monoisotopic (exact) mass is 542 g/mol. The quantitative estimate of drug-likeness (QED) is 0.208. The Hall–Kier alpha value is -2.01. The van der Waals surface area contributed by atoms with Gasteiger partial charge in [0.2, 0.25) is 0 Å². The fourth-order valence-electron chi connectivity index (χ4n) is 3.66. The molecule has 3 rings (SSSR count). The molecule has 0 unspecified atom stereocenters. The van der Waals surface area contributed by atoms with Gasteiger partial charge in [0.05, 0.1) is 14.2 Å². The lowest BCUT2D eigenvalue weighted by atomic mass is 9.99. The highest BCUT2D eigenvalue weighted by atomic mass is 127. The maximum Gasteiger partial charge on any atom is 0.191 e. The molecular weight excluding hydrogens is 507 g/mol. The number of aromatic nitrogens is 2. The molecule has 9 heteroatoms. The van der Waals surface area contributed by atoms with Gasteiger partial charge >= 0.3 is 0 Å². The number of aryl methyl sites for hydroxylation is 1. The van der Waals surface area contributed by atoms with E-state index in [4.69, 9.17) is 9.47 Å². The summed E-state index contributed by atoms with van der Waals surface area (Å²) in [4.78, 5) is 7.14. The largest absolute Gasteiger partial charge is 0.493 e. The number of nitrogens with one attached hydrogen (secondary N) is 2. The molecule has 2 N–H and O–H groups in total. The van der Waals surface area contributed by atoms with Crippen molar-refractivity contribution >= 4 is 29.9 Å². The van der Waals surface area contributed by atoms with Crippen molar-refractivity contribution in [3.8, 4) is 11.5 Å². The second-order valence-electron chi connectivity index (χ2n) is 7.31. The van der Waals surface area contributed by atoms with Crippen molar-refractivity contribution in [2.24, 2.45) is 4.99 Å². The van der Waals surface area contributed by atoms with Crippen LogP contribution in [0, 0.1) is 0 Å². The second kappa shape index (κ2) is 13.4. The van der Waals surface area contributed by atoms with Crippen LogP contribution in [0.4, 0.5) is 0 Å². The predicted molar refractivity (Wildman–Crippen MR) is 135 cm³/mol. The molecule has 0 atom stereocenters. The van der Waals surface area contributed by atoms with Crippen LogP contribution in [0.3, 0.4) is 0 Å². The third kappa shape index (κ3) is 7.57. The molecule has 2 heterocycles. The minimum Gasteiger partial charge on any atom is -0.493 e. The van der Waals surface area contributed by atoms with E-state index in [1.165, 1.54) is 11.1 Å². The average molecular weight is 542 g/mol. The molecule has 0 bridgehead atoms. The molecule has 0 aliphatic carbocycles. The first-order valence-electron chi connectivity index (χ1n) is 10.7. The molecule has 8 nitrogen and oxygen atoms in total. The number of hydrogen-bond donors (Lipinski definition) is 2. The van der Waals surface area contributed by atoms with E-state index >= 15 is 0 Å². The van der Waals surface area contributed by atoms with Crippen LogP contribution < -0.4 is 20.1 Å². The molecule has 1 aliphatic rings. The van der Waals surface area contributed by atoms with Crippen LogP contribution in [0.15, 0.2) is 35.6 Å². The highest BCUT2D eigenvalue weighted by molar-refractivity contribution is 14.0. The first-order valence-corrected chi connectivity index (χ1v) is 10.7. The van der Waals surface area contributed by atoms with Crippen LogP contribution >= 0.6 is 24.0 Å². The maximum absolute atomic E-state index is 5.46. The highest BCUT2D eigenvalue weighted by Crippen LogP contribution is 2.33. The molecule has 0 fully saturated rings. The summed E-state index contributed by atoms with van der Waals surface area (Å²) in [5.41, 5.74) is 2.67. The van der Waals surface area contributed by atoms with Crippen LogP contribution in [0.2, 0.25) is 0 Å². The summed E-state index contributed by atoms with van der Waals surface area (Å²) in [5, 5.41) is 11.0. The van der Waals surface area contributed by atoms with E-state index in [1.54, 1.807) is 20.4 Å². The maximum atomic E-state index is 5.46. The average Bonchev–Trinajstić information content (AvgIpc) is 3.29. The van der Waals surface area contributed by atoms with Crippen LogP contribution in [0.1, 0.15) is 24.5 Å². The summed E-state index contributed by atoms with van der Waals surface area (Å²) in [6.45, 7) is 8.38. The number of nitrogens with zero attached hydrogens (tertiary/aromatic N) is 4. The predicted octanol–water partition coefficient (Wildman–Crippen LogP) is 2.52. The standard InChI is InChI=1S/C22H34N6O2.HI/c1-4-23-22(24-8-5-11-28-12-6-9-26-28)25-10-14-27-13-7-18-15-20(29-2)21(30-3)16-19(18)17-27;/h6,9,12,15-16H,4-5,7-8,10-11,13-14,17H2,1-3H3,(H2,23,24,25);1H. The number of hydrogen-bond acceptors (Lipinski definition) is 5. The Morgan fingerprint density at radius 1 is 1.13 bits per heavy atom. The van der Waals surface area contributed by atoms with E-state index in [2.05, 4.69) is 44.7 Å². The van der Waals surface area contributed by atoms with E-state index in [0.29, 0.717) is 0 Å². The van der Waals surface area contributed by atoms with Crippen molar-refractivity contribution in [1.29, 1.82) is 0 Å². The van der Waals surface area contributed by atoms with Gasteiger partial charge in [-0.05, 0) is 49.1 Å². The van der Waals surface area contributed by atoms with Crippen LogP contribution in [0.25, 0.3) is 0 Å². The number of ether oxygens (including phenoxy) is 2. The molecule has 1 aliphatic heterocycles. The Morgan fingerprint density at radius 2 is 1.90 bits per heavy atom. The van der Waals surface area contributed by atoms with Crippen LogP contribution in [-0.4, -0.2) is 67.6 Å². The smallest absolute Gasteiger partial charge is 0.191 e. The number of guanidine groups is 1.